The molecule has 1 aliphatic rings. The molecule has 5 heteroatoms. The summed E-state index contributed by atoms with van der Waals surface area (Å²) in [4.78, 5) is 21.9. The van der Waals surface area contributed by atoms with Crippen molar-refractivity contribution in [3.05, 3.63) is 52.0 Å². The second-order valence-corrected chi connectivity index (χ2v) is 6.17. The van der Waals surface area contributed by atoms with Gasteiger partial charge in [0.05, 0.1) is 0 Å². The predicted octanol–water partition coefficient (Wildman–Crippen LogP) is 4.24. The third-order valence-electron chi connectivity index (χ3n) is 3.68. The van der Waals surface area contributed by atoms with E-state index in [1.54, 1.807) is 0 Å². The minimum Gasteiger partial charge on any atom is -0.326 e. The zero-order valence-corrected chi connectivity index (χ0v) is 13.2. The van der Waals surface area contributed by atoms with Crippen LogP contribution >= 0.6 is 15.9 Å². The Bertz CT molecular complexity index is 773. The Balaban J connectivity index is 1.77. The van der Waals surface area contributed by atoms with Crippen LogP contribution in [-0.2, 0) is 16.0 Å². The maximum absolute atomic E-state index is 12.1. The molecule has 1 aliphatic carbocycles. The molecule has 112 valence electrons. The van der Waals surface area contributed by atoms with Crippen molar-refractivity contribution in [3.8, 4) is 11.1 Å². The quantitative estimate of drug-likeness (QED) is 0.706. The summed E-state index contributed by atoms with van der Waals surface area (Å²) in [6.45, 7) is 0. The van der Waals surface area contributed by atoms with Crippen molar-refractivity contribution in [2.24, 2.45) is 0 Å². The van der Waals surface area contributed by atoms with Crippen molar-refractivity contribution in [1.82, 2.24) is 0 Å². The Labute approximate surface area is 135 Å². The van der Waals surface area contributed by atoms with Crippen LogP contribution in [-0.4, -0.2) is 11.9 Å². The van der Waals surface area contributed by atoms with Gasteiger partial charge in [-0.05, 0) is 52.9 Å². The summed E-state index contributed by atoms with van der Waals surface area (Å²) >= 11 is 3.47. The van der Waals surface area contributed by atoms with Gasteiger partial charge in [-0.2, -0.15) is 4.39 Å². The van der Waals surface area contributed by atoms with Gasteiger partial charge < -0.3 is 5.32 Å². The summed E-state index contributed by atoms with van der Waals surface area (Å²) in [5, 5.41) is 2.70. The second-order valence-electron chi connectivity index (χ2n) is 5.25. The van der Waals surface area contributed by atoms with Gasteiger partial charge in [0.1, 0.15) is 0 Å². The van der Waals surface area contributed by atoms with Crippen molar-refractivity contribution in [1.29, 1.82) is 0 Å². The summed E-state index contributed by atoms with van der Waals surface area (Å²) in [6.07, 6.45) is 0.298. The minimum absolute atomic E-state index is 0.139. The van der Waals surface area contributed by atoms with E-state index in [2.05, 4.69) is 33.4 Å². The first-order chi connectivity index (χ1) is 10.5. The molecule has 0 fully saturated rings. The number of rotatable bonds is 4. The van der Waals surface area contributed by atoms with Gasteiger partial charge in [-0.3, -0.25) is 9.59 Å². The Morgan fingerprint density at radius 1 is 1.05 bits per heavy atom. The molecule has 0 heterocycles. The Morgan fingerprint density at radius 3 is 2.45 bits per heavy atom. The van der Waals surface area contributed by atoms with E-state index in [4.69, 9.17) is 0 Å². The van der Waals surface area contributed by atoms with Crippen LogP contribution in [0.4, 0.5) is 10.1 Å². The van der Waals surface area contributed by atoms with Gasteiger partial charge in [0, 0.05) is 23.0 Å². The number of hydrogen-bond donors (Lipinski definition) is 1. The number of halogens is 2. The number of amides is 1. The fourth-order valence-electron chi connectivity index (χ4n) is 2.69. The Hall–Kier alpha value is -2.01. The summed E-state index contributed by atoms with van der Waals surface area (Å²) in [5.41, 5.74) is 5.43. The average Bonchev–Trinajstić information content (AvgIpc) is 2.81. The maximum Gasteiger partial charge on any atom is 0.302 e. The Kier molecular flexibility index (Phi) is 4.07. The summed E-state index contributed by atoms with van der Waals surface area (Å²) in [7, 11) is 0. The van der Waals surface area contributed by atoms with Crippen LogP contribution < -0.4 is 5.32 Å². The maximum atomic E-state index is 12.1. The molecule has 0 unspecified atom stereocenters. The van der Waals surface area contributed by atoms with Crippen LogP contribution in [0.1, 0.15) is 24.0 Å². The summed E-state index contributed by atoms with van der Waals surface area (Å²) < 4.78 is 13.2. The third kappa shape index (κ3) is 3.09. The fraction of sp³-hybridized carbons (Fsp3) is 0.176. The molecule has 2 aromatic carbocycles. The topological polar surface area (TPSA) is 46.2 Å². The molecular weight excluding hydrogens is 349 g/mol. The lowest BCUT2D eigenvalue weighted by Gasteiger charge is -2.07. The molecule has 0 spiro atoms. The molecule has 0 saturated carbocycles. The van der Waals surface area contributed by atoms with Crippen molar-refractivity contribution in [2.75, 3.05) is 5.32 Å². The number of benzene rings is 2. The number of carbonyl (C=O) groups is 2. The van der Waals surface area contributed by atoms with Crippen LogP contribution in [0.5, 0.6) is 0 Å². The molecule has 3 rings (SSSR count). The van der Waals surface area contributed by atoms with E-state index >= 15 is 0 Å². The average molecular weight is 362 g/mol. The van der Waals surface area contributed by atoms with E-state index in [-0.39, 0.29) is 18.7 Å². The highest BCUT2D eigenvalue weighted by atomic mass is 79.9. The van der Waals surface area contributed by atoms with Crippen LogP contribution in [0, 0.1) is 0 Å². The van der Waals surface area contributed by atoms with E-state index in [0.29, 0.717) is 5.69 Å². The van der Waals surface area contributed by atoms with Gasteiger partial charge in [-0.15, -0.1) is 0 Å². The third-order valence-corrected chi connectivity index (χ3v) is 4.17. The molecule has 0 bridgehead atoms. The molecule has 2 aromatic rings. The van der Waals surface area contributed by atoms with Crippen molar-refractivity contribution >= 4 is 33.6 Å². The molecule has 0 saturated heterocycles. The lowest BCUT2D eigenvalue weighted by Crippen LogP contribution is -2.12. The highest BCUT2D eigenvalue weighted by Gasteiger charge is 2.19. The number of nitrogens with one attached hydrogen (secondary N) is 1. The summed E-state index contributed by atoms with van der Waals surface area (Å²) in [5.74, 6) is -0.357. The molecule has 1 N–H and O–H groups in total. The summed E-state index contributed by atoms with van der Waals surface area (Å²) in [6, 6.07) is 10.5. The molecule has 22 heavy (non-hydrogen) atoms. The largest absolute Gasteiger partial charge is 0.326 e. The van der Waals surface area contributed by atoms with E-state index in [0.717, 1.165) is 16.5 Å². The first-order valence-electron chi connectivity index (χ1n) is 6.93. The van der Waals surface area contributed by atoms with Crippen molar-refractivity contribution in [3.63, 3.8) is 0 Å². The van der Waals surface area contributed by atoms with E-state index < -0.39 is 6.04 Å². The van der Waals surface area contributed by atoms with Gasteiger partial charge in [0.2, 0.25) is 5.91 Å². The second kappa shape index (κ2) is 6.01. The highest BCUT2D eigenvalue weighted by molar-refractivity contribution is 9.10. The van der Waals surface area contributed by atoms with Gasteiger partial charge in [0.15, 0.2) is 0 Å². The molecule has 0 aromatic heterocycles. The molecular formula is C17H13BrFNO2. The molecule has 0 aliphatic heterocycles. The zero-order valence-electron chi connectivity index (χ0n) is 11.7. The standard InChI is InChI=1S/C17H13BrFNO2/c18-12-1-3-14-10(8-12)7-11-9-13(2-4-15(11)14)20-17(22)6-5-16(19)21/h1-4,8-9H,5-7H2,(H,20,22). The van der Waals surface area contributed by atoms with E-state index in [9.17, 15) is 14.0 Å². The monoisotopic (exact) mass is 361 g/mol. The fourth-order valence-corrected chi connectivity index (χ4v) is 3.10. The van der Waals surface area contributed by atoms with Crippen LogP contribution in [0.15, 0.2) is 40.9 Å². The van der Waals surface area contributed by atoms with Gasteiger partial charge in [0.25, 0.3) is 0 Å². The highest BCUT2D eigenvalue weighted by Crippen LogP contribution is 2.38. The van der Waals surface area contributed by atoms with Gasteiger partial charge >= 0.3 is 6.04 Å². The zero-order chi connectivity index (χ0) is 15.7. The molecule has 3 nitrogen and oxygen atoms in total. The van der Waals surface area contributed by atoms with Crippen molar-refractivity contribution < 1.29 is 14.0 Å². The lowest BCUT2D eigenvalue weighted by molar-refractivity contribution is -0.131. The predicted molar refractivity (Wildman–Crippen MR) is 86.4 cm³/mol. The van der Waals surface area contributed by atoms with E-state index in [1.165, 1.54) is 16.7 Å². The smallest absolute Gasteiger partial charge is 0.302 e. The van der Waals surface area contributed by atoms with Crippen molar-refractivity contribution in [2.45, 2.75) is 19.3 Å². The van der Waals surface area contributed by atoms with Gasteiger partial charge in [-0.1, -0.05) is 28.1 Å². The molecule has 1 amide bonds. The number of fused-ring (bicyclic) bond motifs is 3. The van der Waals surface area contributed by atoms with E-state index in [1.807, 2.05) is 24.3 Å². The number of carbonyl (C=O) groups excluding carboxylic acids is 2. The van der Waals surface area contributed by atoms with Crippen LogP contribution in [0.25, 0.3) is 11.1 Å². The molecule has 0 radical (unpaired) electrons. The van der Waals surface area contributed by atoms with Crippen LogP contribution in [0.3, 0.4) is 0 Å². The normalized spacial score (nSPS) is 11.7. The first kappa shape index (κ1) is 14.9. The lowest BCUT2D eigenvalue weighted by atomic mass is 10.1. The number of hydrogen-bond acceptors (Lipinski definition) is 2. The SMILES string of the molecule is O=C(F)CCC(=O)Nc1ccc2c(c1)Cc1cc(Br)ccc1-2. The first-order valence-corrected chi connectivity index (χ1v) is 7.72. The molecule has 0 atom stereocenters. The number of anilines is 1. The van der Waals surface area contributed by atoms with Gasteiger partial charge in [-0.25, -0.2) is 0 Å². The Morgan fingerprint density at radius 2 is 1.73 bits per heavy atom. The minimum atomic E-state index is -1.47. The van der Waals surface area contributed by atoms with Crippen LogP contribution in [0.2, 0.25) is 0 Å².